The van der Waals surface area contributed by atoms with Crippen molar-refractivity contribution in [3.8, 4) is 11.3 Å². The molecular weight excluding hydrogens is 516 g/mol. The van der Waals surface area contributed by atoms with Gasteiger partial charge in [0, 0.05) is 44.5 Å². The van der Waals surface area contributed by atoms with E-state index in [1.54, 1.807) is 32.4 Å². The van der Waals surface area contributed by atoms with E-state index in [0.717, 1.165) is 29.5 Å². The predicted molar refractivity (Wildman–Crippen MR) is 145 cm³/mol. The summed E-state index contributed by atoms with van der Waals surface area (Å²) in [6, 6.07) is -0.898. The molecule has 1 aliphatic heterocycles. The van der Waals surface area contributed by atoms with Crippen LogP contribution < -0.4 is 21.5 Å². The van der Waals surface area contributed by atoms with Gasteiger partial charge in [0.15, 0.2) is 22.8 Å². The molecule has 6 rings (SSSR count). The van der Waals surface area contributed by atoms with E-state index >= 15 is 0 Å². The lowest BCUT2D eigenvalue weighted by atomic mass is 10.2. The Kier molecular flexibility index (Phi) is 6.24. The fourth-order valence-corrected chi connectivity index (χ4v) is 5.11. The highest BCUT2D eigenvalue weighted by molar-refractivity contribution is 5.93. The number of aromatic nitrogens is 8. The van der Waals surface area contributed by atoms with Crippen molar-refractivity contribution < 1.29 is 9.59 Å². The summed E-state index contributed by atoms with van der Waals surface area (Å²) >= 11 is 0. The Morgan fingerprint density at radius 1 is 1.07 bits per heavy atom. The number of carbonyl (C=O) groups excluding carboxylic acids is 2. The van der Waals surface area contributed by atoms with E-state index in [9.17, 15) is 19.2 Å². The van der Waals surface area contributed by atoms with Crippen LogP contribution in [0.1, 0.15) is 32.7 Å². The van der Waals surface area contributed by atoms with Crippen LogP contribution in [0.15, 0.2) is 40.7 Å². The average Bonchev–Trinajstić information content (AvgIpc) is 3.35. The molecule has 206 valence electrons. The molecule has 2 unspecified atom stereocenters. The van der Waals surface area contributed by atoms with Crippen LogP contribution in [0, 0.1) is 11.8 Å². The molecule has 0 spiro atoms. The van der Waals surface area contributed by atoms with Crippen LogP contribution in [0.5, 0.6) is 0 Å². The van der Waals surface area contributed by atoms with Crippen molar-refractivity contribution in [2.24, 2.45) is 18.9 Å². The first-order valence-corrected chi connectivity index (χ1v) is 13.1. The first-order valence-electron chi connectivity index (χ1n) is 13.1. The lowest BCUT2D eigenvalue weighted by molar-refractivity contribution is -0.120. The van der Waals surface area contributed by atoms with Gasteiger partial charge in [-0.05, 0) is 25.2 Å². The minimum Gasteiger partial charge on any atom is -0.340 e. The molecule has 0 aromatic carbocycles. The van der Waals surface area contributed by atoms with Crippen LogP contribution in [0.3, 0.4) is 0 Å². The number of aryl methyl sites for hydroxylation is 1. The number of piperidine rings is 1. The molecule has 2 aliphatic rings. The summed E-state index contributed by atoms with van der Waals surface area (Å²) in [5.74, 6) is 1.72. The van der Waals surface area contributed by atoms with Crippen LogP contribution in [0.2, 0.25) is 0 Å². The van der Waals surface area contributed by atoms with Gasteiger partial charge in [-0.2, -0.15) is 0 Å². The minimum absolute atomic E-state index is 0.0426. The number of nitrogens with zero attached hydrogens (tertiary/aromatic N) is 9. The Labute approximate surface area is 227 Å². The quantitative estimate of drug-likeness (QED) is 0.335. The zero-order chi connectivity index (χ0) is 28.1. The van der Waals surface area contributed by atoms with E-state index in [0.29, 0.717) is 17.2 Å². The van der Waals surface area contributed by atoms with Crippen LogP contribution >= 0.6 is 0 Å². The number of amides is 1. The van der Waals surface area contributed by atoms with Gasteiger partial charge in [0.25, 0.3) is 5.56 Å². The van der Waals surface area contributed by atoms with E-state index in [2.05, 4.69) is 35.1 Å². The third kappa shape index (κ3) is 4.44. The number of hydrogen-bond donors (Lipinski definition) is 1. The summed E-state index contributed by atoms with van der Waals surface area (Å²) in [4.78, 5) is 75.2. The smallest absolute Gasteiger partial charge is 0.332 e. The summed E-state index contributed by atoms with van der Waals surface area (Å²) in [5, 5.41) is 2.73. The highest BCUT2D eigenvalue weighted by Crippen LogP contribution is 2.45. The summed E-state index contributed by atoms with van der Waals surface area (Å²) in [5.41, 5.74) is -0.0237. The van der Waals surface area contributed by atoms with E-state index < -0.39 is 23.2 Å². The molecule has 1 N–H and O–H groups in total. The number of Topliss-reactive ketones (excluding diaryl/α,β-unsaturated/α-hetero) is 1. The second-order valence-corrected chi connectivity index (χ2v) is 10.3. The largest absolute Gasteiger partial charge is 0.340 e. The molecule has 3 atom stereocenters. The van der Waals surface area contributed by atoms with Gasteiger partial charge in [-0.25, -0.2) is 24.7 Å². The Morgan fingerprint density at radius 3 is 2.50 bits per heavy atom. The predicted octanol–water partition coefficient (Wildman–Crippen LogP) is 0.779. The third-order valence-corrected chi connectivity index (χ3v) is 7.66. The number of rotatable bonds is 8. The van der Waals surface area contributed by atoms with Crippen LogP contribution in [0.4, 0.5) is 11.8 Å². The number of nitrogens with one attached hydrogen (secondary N) is 1. The highest BCUT2D eigenvalue weighted by atomic mass is 16.2. The van der Waals surface area contributed by atoms with Gasteiger partial charge in [-0.3, -0.25) is 28.5 Å². The number of anilines is 2. The van der Waals surface area contributed by atoms with Gasteiger partial charge in [0.1, 0.15) is 6.04 Å². The van der Waals surface area contributed by atoms with Crippen molar-refractivity contribution in [2.75, 3.05) is 23.3 Å². The van der Waals surface area contributed by atoms with Crippen molar-refractivity contribution >= 4 is 34.6 Å². The second kappa shape index (κ2) is 9.77. The number of carbonyl (C=O) groups is 2. The molecule has 14 heteroatoms. The number of hydrogen-bond acceptors (Lipinski definition) is 10. The third-order valence-electron chi connectivity index (χ3n) is 7.66. The topological polar surface area (TPSA) is 163 Å². The molecule has 4 aromatic rings. The number of ketones is 1. The first kappa shape index (κ1) is 25.5. The Morgan fingerprint density at radius 2 is 1.80 bits per heavy atom. The molecule has 4 aromatic heterocycles. The fraction of sp³-hybridized carbons (Fsp3) is 0.423. The van der Waals surface area contributed by atoms with E-state index in [4.69, 9.17) is 0 Å². The average molecular weight is 545 g/mol. The summed E-state index contributed by atoms with van der Waals surface area (Å²) in [7, 11) is 1.46. The Balaban J connectivity index is 1.22. The maximum atomic E-state index is 13.2. The van der Waals surface area contributed by atoms with Gasteiger partial charge in [0.05, 0.1) is 31.0 Å². The van der Waals surface area contributed by atoms with Crippen LogP contribution in [-0.4, -0.2) is 63.4 Å². The lowest BCUT2D eigenvalue weighted by Gasteiger charge is -2.17. The molecule has 1 saturated heterocycles. The second-order valence-electron chi connectivity index (χ2n) is 10.3. The van der Waals surface area contributed by atoms with Crippen LogP contribution in [-0.2, 0) is 23.2 Å². The fourth-order valence-electron chi connectivity index (χ4n) is 5.11. The van der Waals surface area contributed by atoms with Crippen molar-refractivity contribution in [3.05, 3.63) is 52.0 Å². The van der Waals surface area contributed by atoms with E-state index in [1.807, 2.05) is 0 Å². The molecule has 1 aliphatic carbocycles. The van der Waals surface area contributed by atoms with Crippen LogP contribution in [0.25, 0.3) is 22.4 Å². The molecule has 0 bridgehead atoms. The van der Waals surface area contributed by atoms with E-state index in [-0.39, 0.29) is 35.7 Å². The van der Waals surface area contributed by atoms with Crippen molar-refractivity contribution in [2.45, 2.75) is 39.3 Å². The standard InChI is InChI=1S/C26H28N10O4/c1-4-18(37)12-35-24(39)21-22(33(3)26(35)40)30-13-36(21)14(2)23(38)32-20-9-27-8-19(31-20)17-6-28-25(29-7-17)34-10-15-5-16(15)11-34/h6-9,13-16H,4-5,10-12H2,1-3H3,(H,31,32,38)/t14-,15?,16?/m0/s1. The maximum absolute atomic E-state index is 13.2. The molecule has 2 fully saturated rings. The summed E-state index contributed by atoms with van der Waals surface area (Å²) < 4.78 is 3.44. The lowest BCUT2D eigenvalue weighted by Crippen LogP contribution is -2.41. The van der Waals surface area contributed by atoms with Gasteiger partial charge >= 0.3 is 5.69 Å². The van der Waals surface area contributed by atoms with E-state index in [1.165, 1.54) is 35.1 Å². The van der Waals surface area contributed by atoms with Crippen molar-refractivity contribution in [1.29, 1.82) is 0 Å². The molecule has 1 amide bonds. The van der Waals surface area contributed by atoms with Gasteiger partial charge in [-0.15, -0.1) is 0 Å². The SMILES string of the molecule is CCC(=O)Cn1c(=O)c2c(ncn2[C@@H](C)C(=O)Nc2cncc(-c3cnc(N4CC5CC5C4)nc3)n2)n(C)c1=O. The number of fused-ring (bicyclic) bond motifs is 2. The molecule has 1 saturated carbocycles. The van der Waals surface area contributed by atoms with Crippen molar-refractivity contribution in [3.63, 3.8) is 0 Å². The van der Waals surface area contributed by atoms with Crippen molar-refractivity contribution in [1.82, 2.24) is 38.6 Å². The van der Waals surface area contributed by atoms with Gasteiger partial charge in [-0.1, -0.05) is 6.92 Å². The van der Waals surface area contributed by atoms with Gasteiger partial charge < -0.3 is 14.8 Å². The molecule has 40 heavy (non-hydrogen) atoms. The normalized spacial score (nSPS) is 18.5. The van der Waals surface area contributed by atoms with Gasteiger partial charge in [0.2, 0.25) is 11.9 Å². The molecule has 14 nitrogen and oxygen atoms in total. The minimum atomic E-state index is -0.898. The summed E-state index contributed by atoms with van der Waals surface area (Å²) in [6.07, 6.45) is 9.18. The summed E-state index contributed by atoms with van der Waals surface area (Å²) in [6.45, 7) is 4.89. The number of imidazole rings is 1. The zero-order valence-corrected chi connectivity index (χ0v) is 22.3. The first-order chi connectivity index (χ1) is 19.2. The molecule has 5 heterocycles. The molecular formula is C26H28N10O4. The Hall–Kier alpha value is -4.75. The maximum Gasteiger partial charge on any atom is 0.332 e. The Bertz CT molecular complexity index is 1750. The highest BCUT2D eigenvalue weighted by Gasteiger charge is 2.45. The molecule has 0 radical (unpaired) electrons. The zero-order valence-electron chi connectivity index (χ0n) is 22.3. The monoisotopic (exact) mass is 544 g/mol.